The van der Waals surface area contributed by atoms with Gasteiger partial charge in [-0.15, -0.1) is 0 Å². The summed E-state index contributed by atoms with van der Waals surface area (Å²) in [5, 5.41) is 63.7. The van der Waals surface area contributed by atoms with Crippen LogP contribution in [0.15, 0.2) is 99.5 Å². The number of nitrogens with one attached hydrogen (secondary N) is 4. The van der Waals surface area contributed by atoms with Gasteiger partial charge in [-0.3, -0.25) is 29.2 Å². The van der Waals surface area contributed by atoms with Crippen molar-refractivity contribution in [3.8, 4) is 0 Å². The molecule has 4 aromatic rings. The maximum absolute atomic E-state index is 12.2. The average Bonchev–Trinajstić information content (AvgIpc) is 1.74. The first-order valence-electron chi connectivity index (χ1n) is 30.1. The fourth-order valence-corrected chi connectivity index (χ4v) is 12.6. The first kappa shape index (κ1) is 65.9. The van der Waals surface area contributed by atoms with Crippen molar-refractivity contribution in [3.05, 3.63) is 168 Å². The number of aliphatic carboxylic acids is 4. The van der Waals surface area contributed by atoms with Crippen LogP contribution in [0, 0.1) is 27.7 Å². The zero-order valence-electron chi connectivity index (χ0n) is 53.3. The van der Waals surface area contributed by atoms with Crippen molar-refractivity contribution >= 4 is 84.2 Å². The molecule has 0 bridgehead atoms. The minimum Gasteiger partial charge on any atom is -0.481 e. The van der Waals surface area contributed by atoms with Gasteiger partial charge in [0.05, 0.1) is 58.6 Å². The van der Waals surface area contributed by atoms with Gasteiger partial charge < -0.3 is 55.3 Å². The van der Waals surface area contributed by atoms with Crippen LogP contribution < -0.4 is 21.4 Å². The smallest absolute Gasteiger partial charge is 0.303 e. The molecule has 4 aliphatic heterocycles. The summed E-state index contributed by atoms with van der Waals surface area (Å²) in [7, 11) is 0. The summed E-state index contributed by atoms with van der Waals surface area (Å²) >= 11 is 0. The molecule has 8 heterocycles. The summed E-state index contributed by atoms with van der Waals surface area (Å²) in [5.74, 6) is -3.79. The van der Waals surface area contributed by atoms with Crippen LogP contribution in [-0.4, -0.2) is 117 Å². The van der Waals surface area contributed by atoms with Crippen molar-refractivity contribution in [2.75, 3.05) is 0 Å². The molecule has 4 atom stereocenters. The molecular formula is C70H82N8O11. The Morgan fingerprint density at radius 3 is 1.49 bits per heavy atom. The quantitative estimate of drug-likeness (QED) is 0.0315. The van der Waals surface area contributed by atoms with Crippen LogP contribution >= 0.6 is 0 Å². The van der Waals surface area contributed by atoms with E-state index in [0.29, 0.717) is 67.6 Å². The molecule has 0 fully saturated rings. The number of aromatic nitrogens is 4. The minimum atomic E-state index is -0.960. The van der Waals surface area contributed by atoms with Gasteiger partial charge >= 0.3 is 23.9 Å². The number of aliphatic hydroxyl groups excluding tert-OH is 2. The lowest BCUT2D eigenvalue weighted by Crippen LogP contribution is -2.20. The number of hydrogen-bond donors (Lipinski definition) is 10. The van der Waals surface area contributed by atoms with Crippen LogP contribution in [0.5, 0.6) is 0 Å². The number of aliphatic hydroxyl groups is 2. The van der Waals surface area contributed by atoms with Crippen molar-refractivity contribution in [2.45, 2.75) is 173 Å². The van der Waals surface area contributed by atoms with Crippen molar-refractivity contribution in [3.63, 3.8) is 0 Å². The zero-order valence-corrected chi connectivity index (χ0v) is 53.3. The summed E-state index contributed by atoms with van der Waals surface area (Å²) in [6.45, 7) is 26.7. The van der Waals surface area contributed by atoms with E-state index in [2.05, 4.69) is 24.9 Å². The fraction of sp³-hybridized carbons (Fsp3) is 0.371. The van der Waals surface area contributed by atoms with E-state index in [0.717, 1.165) is 99.9 Å². The molecule has 10 N–H and O–H groups in total. The number of nitrogens with zero attached hydrogens (tertiary/aromatic N) is 4. The zero-order chi connectivity index (χ0) is 65.0. The van der Waals surface area contributed by atoms with E-state index in [4.69, 9.17) is 19.7 Å². The van der Waals surface area contributed by atoms with Crippen molar-refractivity contribution in [1.29, 1.82) is 0 Å². The van der Waals surface area contributed by atoms with E-state index in [-0.39, 0.29) is 51.4 Å². The number of carbonyl (C=O) groups is 4. The van der Waals surface area contributed by atoms with Gasteiger partial charge in [-0.05, 0) is 226 Å². The molecule has 0 saturated carbocycles. The Bertz CT molecular complexity index is 4270. The lowest BCUT2D eigenvalue weighted by Gasteiger charge is -2.22. The Kier molecular flexibility index (Phi) is 20.4. The Balaban J connectivity index is 1.22. The average molecular weight is 1210 g/mol. The van der Waals surface area contributed by atoms with Gasteiger partial charge in [-0.1, -0.05) is 12.2 Å². The summed E-state index contributed by atoms with van der Waals surface area (Å²) in [6, 6.07) is 0. The molecule has 0 aliphatic carbocycles. The molecule has 4 aliphatic rings. The molecule has 19 nitrogen and oxygen atoms in total. The molecule has 4 aromatic heterocycles. The van der Waals surface area contributed by atoms with Crippen LogP contribution in [-0.2, 0) is 43.2 Å². The first-order chi connectivity index (χ1) is 42.1. The summed E-state index contributed by atoms with van der Waals surface area (Å²) in [4.78, 5) is 81.5. The second kappa shape index (κ2) is 27.6. The third-order valence-corrected chi connectivity index (χ3v) is 17.3. The van der Waals surface area contributed by atoms with Crippen molar-refractivity contribution in [2.24, 2.45) is 20.0 Å². The minimum absolute atomic E-state index is 0.0741. The molecule has 0 saturated heterocycles. The number of ether oxygens (including phenoxy) is 1. The summed E-state index contributed by atoms with van der Waals surface area (Å²) in [5.41, 5.74) is 19.7. The molecule has 0 radical (unpaired) electrons. The monoisotopic (exact) mass is 1210 g/mol. The van der Waals surface area contributed by atoms with Crippen LogP contribution in [0.2, 0.25) is 0 Å². The molecule has 0 aromatic carbocycles. The lowest BCUT2D eigenvalue weighted by molar-refractivity contribution is -0.138. The second-order valence-electron chi connectivity index (χ2n) is 23.3. The van der Waals surface area contributed by atoms with E-state index in [1.807, 2.05) is 132 Å². The van der Waals surface area contributed by atoms with E-state index in [1.54, 1.807) is 26.3 Å². The molecular weight excluding hydrogens is 1130 g/mol. The second-order valence-corrected chi connectivity index (χ2v) is 23.3. The van der Waals surface area contributed by atoms with Gasteiger partial charge in [0.1, 0.15) is 0 Å². The molecule has 89 heavy (non-hydrogen) atoms. The number of carboxylic acid groups (broad SMARTS) is 4. The SMILES string of the molecule is C/C=C1N=C(/C=c2\[nH]/c(=C\c3[nH]c(/C=C4\N=CC(C)=C4CCC(=O)O)c(CCC(=O)O)c3C)c(C(C)OC(C)C3=C(C)C=N/C3=C\c3[nH]c(/C=c4\[nH]/c(=C\C5=NC(=C\C)/C(C(C)O)=C5C)c(C)c4CCC(=O)O)c(CCC(=O)O)c3C)c2C)C(C(C)O)=C\1C. The Morgan fingerprint density at radius 1 is 0.461 bits per heavy atom. The van der Waals surface area contributed by atoms with Gasteiger partial charge in [-0.2, -0.15) is 0 Å². The van der Waals surface area contributed by atoms with E-state index < -0.39 is 48.3 Å². The summed E-state index contributed by atoms with van der Waals surface area (Å²) in [6.07, 6.45) is 16.6. The van der Waals surface area contributed by atoms with E-state index in [9.17, 15) is 49.8 Å². The van der Waals surface area contributed by atoms with Crippen molar-refractivity contribution < 1.29 is 54.6 Å². The van der Waals surface area contributed by atoms with Gasteiger partial charge in [-0.25, -0.2) is 9.98 Å². The molecule has 468 valence electrons. The van der Waals surface area contributed by atoms with E-state index in [1.165, 1.54) is 0 Å². The predicted octanol–water partition coefficient (Wildman–Crippen LogP) is 9.13. The number of H-pyrrole nitrogens is 4. The van der Waals surface area contributed by atoms with E-state index >= 15 is 0 Å². The normalized spacial score (nSPS) is 19.4. The highest BCUT2D eigenvalue weighted by Crippen LogP contribution is 2.36. The fourth-order valence-electron chi connectivity index (χ4n) is 12.6. The lowest BCUT2D eigenvalue weighted by atomic mass is 9.99. The number of hydrogen-bond acceptors (Lipinski definition) is 11. The van der Waals surface area contributed by atoms with Gasteiger partial charge in [0.15, 0.2) is 0 Å². The molecule has 19 heteroatoms. The highest BCUT2D eigenvalue weighted by molar-refractivity contribution is 6.24. The Morgan fingerprint density at radius 2 is 0.933 bits per heavy atom. The van der Waals surface area contributed by atoms with Crippen LogP contribution in [0.1, 0.15) is 175 Å². The third-order valence-electron chi connectivity index (χ3n) is 17.3. The van der Waals surface area contributed by atoms with Gasteiger partial charge in [0.2, 0.25) is 0 Å². The molecule has 4 unspecified atom stereocenters. The maximum atomic E-state index is 12.2. The third kappa shape index (κ3) is 14.3. The molecule has 8 rings (SSSR count). The number of aromatic amines is 4. The Hall–Kier alpha value is -9.04. The van der Waals surface area contributed by atoms with Crippen LogP contribution in [0.4, 0.5) is 0 Å². The number of allylic oxidation sites excluding steroid dienone is 7. The Labute approximate surface area is 517 Å². The first-order valence-corrected chi connectivity index (χ1v) is 30.1. The predicted molar refractivity (Wildman–Crippen MR) is 350 cm³/mol. The largest absolute Gasteiger partial charge is 0.481 e. The molecule has 0 amide bonds. The number of carboxylic acids is 4. The topological polar surface area (TPSA) is 311 Å². The van der Waals surface area contributed by atoms with Crippen LogP contribution in [0.25, 0.3) is 36.5 Å². The highest BCUT2D eigenvalue weighted by Gasteiger charge is 2.29. The highest BCUT2D eigenvalue weighted by atomic mass is 16.5. The maximum Gasteiger partial charge on any atom is 0.303 e. The number of aliphatic imine (C=N–C) groups is 4. The van der Waals surface area contributed by atoms with Crippen LogP contribution in [0.3, 0.4) is 0 Å². The molecule has 0 spiro atoms. The van der Waals surface area contributed by atoms with Gasteiger partial charge in [0.25, 0.3) is 0 Å². The van der Waals surface area contributed by atoms with Gasteiger partial charge in [0, 0.05) is 105 Å². The summed E-state index contributed by atoms with van der Waals surface area (Å²) < 4.78 is 7.11. The van der Waals surface area contributed by atoms with Crippen molar-refractivity contribution in [1.82, 2.24) is 19.9 Å². The number of rotatable bonds is 24. The standard InChI is InChI=1S/C70H82N8O11/c1-15-49-38(8)69(42(12)80)61(73-49)28-55-40(10)70(62(78-55)27-53-37(7)46(18-22-64(83)84)57(77-53)29-56-45(17-21-63(81)82)33(3)31-71-56)44(14)89-43(13)67-34(4)32-72-60(67)26-52-36(6)48(20-24-66(87)88)59(76-52)30-58-47(19-23-65(85)86)35(5)51(75-58)25-54-39(9)68(41(11)79)50(16-2)74-54/h15-16,25-32,41-44,75-80H,17-24H2,1-14H3,(H,81,82)(H,83,84)(H,85,86)(H,87,88)/b49-15-,50-16-,51-25-,55-28-,56-29-,58-30-,60-26-,62-27-.